The van der Waals surface area contributed by atoms with Crippen LogP contribution in [0.25, 0.3) is 0 Å². The maximum absolute atomic E-state index is 11.7. The van der Waals surface area contributed by atoms with Gasteiger partial charge < -0.3 is 10.1 Å². The van der Waals surface area contributed by atoms with Gasteiger partial charge in [0.2, 0.25) is 0 Å². The number of carbonyl (C=O) groups excluding carboxylic acids is 1. The number of hydrogen-bond donors (Lipinski definition) is 1. The number of benzene rings is 1. The smallest absolute Gasteiger partial charge is 0.268 e. The quantitative estimate of drug-likeness (QED) is 0.830. The first kappa shape index (κ1) is 11.0. The predicted octanol–water partition coefficient (Wildman–Crippen LogP) is 2.75. The van der Waals surface area contributed by atoms with E-state index in [1.165, 1.54) is 5.56 Å². The standard InChI is InChI=1S/C13H17NO2/c1-4-5-9-6-7-10-11(8-9)16-13(2,3)12(15)14-10/h6-8H,4-5H2,1-3H3,(H,14,15). The first-order valence-electron chi connectivity index (χ1n) is 5.66. The van der Waals surface area contributed by atoms with Gasteiger partial charge in [-0.05, 0) is 38.0 Å². The summed E-state index contributed by atoms with van der Waals surface area (Å²) >= 11 is 0. The van der Waals surface area contributed by atoms with Crippen molar-refractivity contribution in [2.45, 2.75) is 39.2 Å². The van der Waals surface area contributed by atoms with Crippen molar-refractivity contribution >= 4 is 11.6 Å². The van der Waals surface area contributed by atoms with Gasteiger partial charge in [0.25, 0.3) is 5.91 Å². The van der Waals surface area contributed by atoms with Gasteiger partial charge in [0.1, 0.15) is 5.75 Å². The van der Waals surface area contributed by atoms with E-state index in [2.05, 4.69) is 12.2 Å². The van der Waals surface area contributed by atoms with Gasteiger partial charge in [-0.2, -0.15) is 0 Å². The van der Waals surface area contributed by atoms with Crippen LogP contribution in [-0.2, 0) is 11.2 Å². The van der Waals surface area contributed by atoms with Gasteiger partial charge in [-0.1, -0.05) is 19.4 Å². The van der Waals surface area contributed by atoms with E-state index in [0.717, 1.165) is 24.3 Å². The minimum absolute atomic E-state index is 0.0942. The average Bonchev–Trinajstić information content (AvgIpc) is 2.20. The van der Waals surface area contributed by atoms with E-state index in [1.54, 1.807) is 13.8 Å². The molecule has 0 fully saturated rings. The lowest BCUT2D eigenvalue weighted by molar-refractivity contribution is -0.129. The van der Waals surface area contributed by atoms with Crippen LogP contribution in [0.3, 0.4) is 0 Å². The number of fused-ring (bicyclic) bond motifs is 1. The molecule has 1 N–H and O–H groups in total. The molecule has 0 bridgehead atoms. The van der Waals surface area contributed by atoms with Crippen molar-refractivity contribution in [2.24, 2.45) is 0 Å². The highest BCUT2D eigenvalue weighted by molar-refractivity contribution is 6.00. The monoisotopic (exact) mass is 219 g/mol. The van der Waals surface area contributed by atoms with E-state index in [-0.39, 0.29) is 5.91 Å². The molecule has 2 rings (SSSR count). The number of nitrogens with one attached hydrogen (secondary N) is 1. The van der Waals surface area contributed by atoms with E-state index in [4.69, 9.17) is 4.74 Å². The summed E-state index contributed by atoms with van der Waals surface area (Å²) in [5.41, 5.74) is 1.23. The zero-order valence-corrected chi connectivity index (χ0v) is 9.96. The van der Waals surface area contributed by atoms with E-state index in [0.29, 0.717) is 0 Å². The largest absolute Gasteiger partial charge is 0.476 e. The topological polar surface area (TPSA) is 38.3 Å². The van der Waals surface area contributed by atoms with Crippen molar-refractivity contribution in [3.05, 3.63) is 23.8 Å². The normalized spacial score (nSPS) is 17.3. The van der Waals surface area contributed by atoms with E-state index in [1.807, 2.05) is 18.2 Å². The fraction of sp³-hybridized carbons (Fsp3) is 0.462. The van der Waals surface area contributed by atoms with Crippen molar-refractivity contribution in [3.8, 4) is 5.75 Å². The van der Waals surface area contributed by atoms with Crippen molar-refractivity contribution in [3.63, 3.8) is 0 Å². The van der Waals surface area contributed by atoms with Gasteiger partial charge in [-0.25, -0.2) is 0 Å². The molecule has 0 saturated heterocycles. The summed E-state index contributed by atoms with van der Waals surface area (Å²) in [6.07, 6.45) is 2.14. The minimum Gasteiger partial charge on any atom is -0.476 e. The molecule has 1 amide bonds. The van der Waals surface area contributed by atoms with Crippen LogP contribution in [0.5, 0.6) is 5.75 Å². The zero-order chi connectivity index (χ0) is 11.8. The third-order valence-electron chi connectivity index (χ3n) is 2.74. The van der Waals surface area contributed by atoms with Gasteiger partial charge in [0.15, 0.2) is 5.60 Å². The number of carbonyl (C=O) groups is 1. The molecule has 3 heteroatoms. The minimum atomic E-state index is -0.780. The Kier molecular flexibility index (Phi) is 2.62. The highest BCUT2D eigenvalue weighted by Crippen LogP contribution is 2.34. The van der Waals surface area contributed by atoms with Gasteiger partial charge >= 0.3 is 0 Å². The molecule has 0 atom stereocenters. The van der Waals surface area contributed by atoms with E-state index in [9.17, 15) is 4.79 Å². The van der Waals surface area contributed by atoms with Crippen molar-refractivity contribution in [1.29, 1.82) is 0 Å². The molecule has 1 aliphatic rings. The van der Waals surface area contributed by atoms with Gasteiger partial charge in [-0.15, -0.1) is 0 Å². The fourth-order valence-electron chi connectivity index (χ4n) is 1.79. The number of ether oxygens (including phenoxy) is 1. The summed E-state index contributed by atoms with van der Waals surface area (Å²) < 4.78 is 5.71. The summed E-state index contributed by atoms with van der Waals surface area (Å²) in [5.74, 6) is 0.679. The second kappa shape index (κ2) is 3.81. The Morgan fingerprint density at radius 3 is 2.81 bits per heavy atom. The van der Waals surface area contributed by atoms with Crippen LogP contribution < -0.4 is 10.1 Å². The molecule has 1 aromatic rings. The Bertz CT molecular complexity index is 424. The number of rotatable bonds is 2. The predicted molar refractivity (Wildman–Crippen MR) is 63.8 cm³/mol. The highest BCUT2D eigenvalue weighted by atomic mass is 16.5. The number of aryl methyl sites for hydroxylation is 1. The molecule has 0 aliphatic carbocycles. The highest BCUT2D eigenvalue weighted by Gasteiger charge is 2.35. The third kappa shape index (κ3) is 1.90. The van der Waals surface area contributed by atoms with Crippen LogP contribution in [0.2, 0.25) is 0 Å². The van der Waals surface area contributed by atoms with Crippen LogP contribution in [0.15, 0.2) is 18.2 Å². The molecule has 86 valence electrons. The van der Waals surface area contributed by atoms with E-state index < -0.39 is 5.60 Å². The lowest BCUT2D eigenvalue weighted by Gasteiger charge is -2.31. The lowest BCUT2D eigenvalue weighted by Crippen LogP contribution is -2.45. The fourth-order valence-corrected chi connectivity index (χ4v) is 1.79. The maximum Gasteiger partial charge on any atom is 0.268 e. The van der Waals surface area contributed by atoms with Crippen molar-refractivity contribution < 1.29 is 9.53 Å². The Balaban J connectivity index is 2.34. The molecular weight excluding hydrogens is 202 g/mol. The summed E-state index contributed by atoms with van der Waals surface area (Å²) in [5, 5.41) is 2.86. The molecule has 0 aromatic heterocycles. The molecule has 1 heterocycles. The molecule has 0 radical (unpaired) electrons. The summed E-state index contributed by atoms with van der Waals surface area (Å²) in [7, 11) is 0. The first-order valence-corrected chi connectivity index (χ1v) is 5.66. The number of hydrogen-bond acceptors (Lipinski definition) is 2. The molecule has 0 unspecified atom stereocenters. The summed E-state index contributed by atoms with van der Waals surface area (Å²) in [6.45, 7) is 5.70. The van der Waals surface area contributed by atoms with Crippen molar-refractivity contribution in [2.75, 3.05) is 5.32 Å². The Labute approximate surface area is 95.8 Å². The second-order valence-electron chi connectivity index (χ2n) is 4.65. The molecule has 1 aliphatic heterocycles. The molecule has 1 aromatic carbocycles. The van der Waals surface area contributed by atoms with Crippen LogP contribution in [-0.4, -0.2) is 11.5 Å². The van der Waals surface area contributed by atoms with Crippen LogP contribution in [0.1, 0.15) is 32.8 Å². The maximum atomic E-state index is 11.7. The van der Waals surface area contributed by atoms with Crippen LogP contribution in [0, 0.1) is 0 Å². The second-order valence-corrected chi connectivity index (χ2v) is 4.65. The van der Waals surface area contributed by atoms with Gasteiger partial charge in [-0.3, -0.25) is 4.79 Å². The Morgan fingerprint density at radius 1 is 1.38 bits per heavy atom. The van der Waals surface area contributed by atoms with Crippen LogP contribution >= 0.6 is 0 Å². The Hall–Kier alpha value is -1.51. The van der Waals surface area contributed by atoms with Crippen LogP contribution in [0.4, 0.5) is 5.69 Å². The van der Waals surface area contributed by atoms with E-state index >= 15 is 0 Å². The molecular formula is C13H17NO2. The summed E-state index contributed by atoms with van der Waals surface area (Å²) in [4.78, 5) is 11.7. The Morgan fingerprint density at radius 2 is 2.12 bits per heavy atom. The van der Waals surface area contributed by atoms with Gasteiger partial charge in [0.05, 0.1) is 5.69 Å². The van der Waals surface area contributed by atoms with Gasteiger partial charge in [0, 0.05) is 0 Å². The molecule has 0 spiro atoms. The number of anilines is 1. The lowest BCUT2D eigenvalue weighted by atomic mass is 10.0. The van der Waals surface area contributed by atoms with Crippen molar-refractivity contribution in [1.82, 2.24) is 0 Å². The molecule has 3 nitrogen and oxygen atoms in total. The molecule has 0 saturated carbocycles. The summed E-state index contributed by atoms with van der Waals surface area (Å²) in [6, 6.07) is 5.96. The SMILES string of the molecule is CCCc1ccc2c(c1)OC(C)(C)C(=O)N2. The first-order chi connectivity index (χ1) is 7.53. The number of amides is 1. The zero-order valence-electron chi connectivity index (χ0n) is 9.96. The third-order valence-corrected chi connectivity index (χ3v) is 2.74. The average molecular weight is 219 g/mol. The molecule has 16 heavy (non-hydrogen) atoms.